The van der Waals surface area contributed by atoms with Gasteiger partial charge < -0.3 is 4.90 Å². The Morgan fingerprint density at radius 3 is 2.36 bits per heavy atom. The Balaban J connectivity index is 1.60. The lowest BCUT2D eigenvalue weighted by atomic mass is 10.1. The van der Waals surface area contributed by atoms with Crippen molar-refractivity contribution in [2.75, 3.05) is 38.1 Å². The molecule has 1 aromatic rings. The van der Waals surface area contributed by atoms with Crippen LogP contribution in [0.1, 0.15) is 25.7 Å². The maximum atomic E-state index is 12.6. The first kappa shape index (κ1) is 15.6. The standard InChI is InChI=1S/C14H23N5O2S/c1-17(14-4-7-15-12-16-14)13-5-10-19(11-6-13)22(20,21)18-8-2-3-9-18/h4,7,12-13H,2-3,5-6,8-11H2,1H3. The molecule has 0 N–H and O–H groups in total. The van der Waals surface area contributed by atoms with Gasteiger partial charge in [-0.25, -0.2) is 9.97 Å². The van der Waals surface area contributed by atoms with Crippen LogP contribution in [0.2, 0.25) is 0 Å². The molecule has 2 fully saturated rings. The van der Waals surface area contributed by atoms with Gasteiger partial charge in [-0.1, -0.05) is 0 Å². The molecule has 0 radical (unpaired) electrons. The zero-order chi connectivity index (χ0) is 15.6. The van der Waals surface area contributed by atoms with Crippen LogP contribution in [0, 0.1) is 0 Å². The molecule has 1 aromatic heterocycles. The Bertz CT molecular complexity index is 581. The molecule has 0 aromatic carbocycles. The van der Waals surface area contributed by atoms with Crippen molar-refractivity contribution < 1.29 is 8.42 Å². The van der Waals surface area contributed by atoms with Gasteiger partial charge in [-0.3, -0.25) is 0 Å². The van der Waals surface area contributed by atoms with Gasteiger partial charge >= 0.3 is 0 Å². The zero-order valence-electron chi connectivity index (χ0n) is 12.9. The second kappa shape index (κ2) is 6.47. The maximum Gasteiger partial charge on any atom is 0.281 e. The molecule has 122 valence electrons. The van der Waals surface area contributed by atoms with Crippen molar-refractivity contribution >= 4 is 16.0 Å². The molecular weight excluding hydrogens is 302 g/mol. The molecule has 2 aliphatic rings. The van der Waals surface area contributed by atoms with Crippen LogP contribution in [0.4, 0.5) is 5.82 Å². The van der Waals surface area contributed by atoms with E-state index < -0.39 is 10.2 Å². The van der Waals surface area contributed by atoms with Crippen molar-refractivity contribution in [2.45, 2.75) is 31.7 Å². The first-order chi connectivity index (χ1) is 10.6. The fourth-order valence-corrected chi connectivity index (χ4v) is 4.94. The first-order valence-electron chi connectivity index (χ1n) is 7.83. The summed E-state index contributed by atoms with van der Waals surface area (Å²) in [6.07, 6.45) is 6.88. The first-order valence-corrected chi connectivity index (χ1v) is 9.23. The Hall–Kier alpha value is -1.25. The number of hydrogen-bond donors (Lipinski definition) is 0. The molecule has 8 heteroatoms. The van der Waals surface area contributed by atoms with Gasteiger partial charge in [0.2, 0.25) is 0 Å². The van der Waals surface area contributed by atoms with E-state index in [1.54, 1.807) is 21.1 Å². The molecule has 0 unspecified atom stereocenters. The van der Waals surface area contributed by atoms with Gasteiger partial charge in [0.1, 0.15) is 12.1 Å². The molecule has 0 spiro atoms. The van der Waals surface area contributed by atoms with Gasteiger partial charge in [-0.2, -0.15) is 17.0 Å². The number of nitrogens with zero attached hydrogens (tertiary/aromatic N) is 5. The Labute approximate surface area is 132 Å². The zero-order valence-corrected chi connectivity index (χ0v) is 13.7. The summed E-state index contributed by atoms with van der Waals surface area (Å²) in [5.74, 6) is 0.885. The van der Waals surface area contributed by atoms with Crippen LogP contribution in [0.5, 0.6) is 0 Å². The van der Waals surface area contributed by atoms with Gasteiger partial charge in [0, 0.05) is 45.5 Å². The summed E-state index contributed by atoms with van der Waals surface area (Å²) < 4.78 is 28.4. The van der Waals surface area contributed by atoms with Crippen LogP contribution < -0.4 is 4.90 Å². The summed E-state index contributed by atoms with van der Waals surface area (Å²) in [5.41, 5.74) is 0. The van der Waals surface area contributed by atoms with Gasteiger partial charge in [0.25, 0.3) is 10.2 Å². The molecule has 0 atom stereocenters. The average Bonchev–Trinajstić information content (AvgIpc) is 3.10. The van der Waals surface area contributed by atoms with E-state index in [9.17, 15) is 8.42 Å². The summed E-state index contributed by atoms with van der Waals surface area (Å²) >= 11 is 0. The quantitative estimate of drug-likeness (QED) is 0.816. The molecule has 3 heterocycles. The number of rotatable bonds is 4. The lowest BCUT2D eigenvalue weighted by Gasteiger charge is -2.37. The van der Waals surface area contributed by atoms with Gasteiger partial charge in [-0.05, 0) is 31.7 Å². The Morgan fingerprint density at radius 2 is 1.77 bits per heavy atom. The normalized spacial score (nSPS) is 22.0. The van der Waals surface area contributed by atoms with Crippen LogP contribution >= 0.6 is 0 Å². The topological polar surface area (TPSA) is 69.6 Å². The summed E-state index contributed by atoms with van der Waals surface area (Å²) in [4.78, 5) is 10.3. The Morgan fingerprint density at radius 1 is 1.14 bits per heavy atom. The molecule has 0 aliphatic carbocycles. The fraction of sp³-hybridized carbons (Fsp3) is 0.714. The monoisotopic (exact) mass is 325 g/mol. The summed E-state index contributed by atoms with van der Waals surface area (Å²) in [6.45, 7) is 2.50. The van der Waals surface area contributed by atoms with Crippen LogP contribution in [0.15, 0.2) is 18.6 Å². The average molecular weight is 325 g/mol. The highest BCUT2D eigenvalue weighted by molar-refractivity contribution is 7.86. The third kappa shape index (κ3) is 3.09. The van der Waals surface area contributed by atoms with Crippen molar-refractivity contribution in [1.82, 2.24) is 18.6 Å². The second-order valence-electron chi connectivity index (χ2n) is 5.92. The second-order valence-corrected chi connectivity index (χ2v) is 7.85. The highest BCUT2D eigenvalue weighted by Crippen LogP contribution is 2.24. The molecule has 2 aliphatic heterocycles. The van der Waals surface area contributed by atoms with E-state index in [0.29, 0.717) is 32.2 Å². The van der Waals surface area contributed by atoms with E-state index in [-0.39, 0.29) is 0 Å². The van der Waals surface area contributed by atoms with Gasteiger partial charge in [0.15, 0.2) is 0 Å². The largest absolute Gasteiger partial charge is 0.356 e. The summed E-state index contributed by atoms with van der Waals surface area (Å²) in [5, 5.41) is 0. The molecule has 0 amide bonds. The SMILES string of the molecule is CN(c1ccncn1)C1CCN(S(=O)(=O)N2CCCC2)CC1. The molecule has 0 bridgehead atoms. The van der Waals surface area contributed by atoms with E-state index in [2.05, 4.69) is 14.9 Å². The predicted octanol–water partition coefficient (Wildman–Crippen LogP) is 0.718. The molecule has 22 heavy (non-hydrogen) atoms. The number of aromatic nitrogens is 2. The molecule has 2 saturated heterocycles. The molecule has 0 saturated carbocycles. The van der Waals surface area contributed by atoms with Crippen LogP contribution in [0.25, 0.3) is 0 Å². The van der Waals surface area contributed by atoms with E-state index in [1.807, 2.05) is 13.1 Å². The highest BCUT2D eigenvalue weighted by atomic mass is 32.2. The number of hydrogen-bond acceptors (Lipinski definition) is 5. The van der Waals surface area contributed by atoms with E-state index >= 15 is 0 Å². The molecule has 7 nitrogen and oxygen atoms in total. The lowest BCUT2D eigenvalue weighted by Crippen LogP contribution is -2.49. The molecular formula is C14H23N5O2S. The minimum Gasteiger partial charge on any atom is -0.356 e. The van der Waals surface area contributed by atoms with Crippen molar-refractivity contribution in [3.05, 3.63) is 18.6 Å². The van der Waals surface area contributed by atoms with Crippen molar-refractivity contribution in [3.8, 4) is 0 Å². The third-order valence-corrected chi connectivity index (χ3v) is 6.65. The summed E-state index contributed by atoms with van der Waals surface area (Å²) in [6, 6.07) is 2.20. The van der Waals surface area contributed by atoms with E-state index in [0.717, 1.165) is 31.5 Å². The lowest BCUT2D eigenvalue weighted by molar-refractivity contribution is 0.292. The minimum atomic E-state index is -3.25. The fourth-order valence-electron chi connectivity index (χ4n) is 3.22. The van der Waals surface area contributed by atoms with Crippen molar-refractivity contribution in [3.63, 3.8) is 0 Å². The van der Waals surface area contributed by atoms with Crippen molar-refractivity contribution in [2.24, 2.45) is 0 Å². The smallest absolute Gasteiger partial charge is 0.281 e. The number of piperidine rings is 1. The van der Waals surface area contributed by atoms with E-state index in [1.165, 1.54) is 0 Å². The Kier molecular flexibility index (Phi) is 4.60. The highest BCUT2D eigenvalue weighted by Gasteiger charge is 2.35. The maximum absolute atomic E-state index is 12.6. The third-order valence-electron chi connectivity index (χ3n) is 4.62. The van der Waals surface area contributed by atoms with Gasteiger partial charge in [0.05, 0.1) is 0 Å². The van der Waals surface area contributed by atoms with Crippen LogP contribution in [0.3, 0.4) is 0 Å². The van der Waals surface area contributed by atoms with E-state index in [4.69, 9.17) is 0 Å². The number of anilines is 1. The minimum absolute atomic E-state index is 0.319. The van der Waals surface area contributed by atoms with Gasteiger partial charge in [-0.15, -0.1) is 0 Å². The predicted molar refractivity (Wildman–Crippen MR) is 84.8 cm³/mol. The van der Waals surface area contributed by atoms with Crippen LogP contribution in [-0.2, 0) is 10.2 Å². The van der Waals surface area contributed by atoms with Crippen LogP contribution in [-0.4, -0.2) is 66.3 Å². The molecule has 3 rings (SSSR count). The van der Waals surface area contributed by atoms with Crippen molar-refractivity contribution in [1.29, 1.82) is 0 Å². The summed E-state index contributed by atoms with van der Waals surface area (Å²) in [7, 11) is -1.24.